The Labute approximate surface area is 154 Å². The average Bonchev–Trinajstić information content (AvgIpc) is 2.82. The molecule has 0 bridgehead atoms. The molecule has 0 unspecified atom stereocenters. The van der Waals surface area contributed by atoms with Gasteiger partial charge < -0.3 is 4.98 Å². The van der Waals surface area contributed by atoms with Gasteiger partial charge in [-0.2, -0.15) is 0 Å². The topological polar surface area (TPSA) is 53.2 Å². The van der Waals surface area contributed by atoms with Crippen molar-refractivity contribution in [1.82, 2.24) is 4.98 Å². The third kappa shape index (κ3) is 2.90. The van der Waals surface area contributed by atoms with Gasteiger partial charge in [0.2, 0.25) is 0 Å². The molecule has 1 heterocycles. The molecule has 1 aliphatic rings. The predicted molar refractivity (Wildman–Crippen MR) is 106 cm³/mol. The Morgan fingerprint density at radius 2 is 1.69 bits per heavy atom. The van der Waals surface area contributed by atoms with Gasteiger partial charge in [-0.25, -0.2) is 8.42 Å². The minimum absolute atomic E-state index is 0.346. The molecule has 2 aromatic carbocycles. The molecule has 0 spiro atoms. The van der Waals surface area contributed by atoms with Gasteiger partial charge in [-0.1, -0.05) is 24.1 Å². The minimum Gasteiger partial charge on any atom is -0.358 e. The van der Waals surface area contributed by atoms with Crippen molar-refractivity contribution in [2.75, 3.05) is 11.4 Å². The second-order valence-corrected chi connectivity index (χ2v) is 9.13. The lowest BCUT2D eigenvalue weighted by Gasteiger charge is -2.20. The number of nitrogens with zero attached hydrogens (tertiary/aromatic N) is 1. The molecule has 0 saturated carbocycles. The summed E-state index contributed by atoms with van der Waals surface area (Å²) in [4.78, 5) is 3.84. The molecule has 4 nitrogen and oxygen atoms in total. The first-order valence-electron chi connectivity index (χ1n) is 9.16. The third-order valence-electron chi connectivity index (χ3n) is 5.38. The molecule has 1 N–H and O–H groups in total. The highest BCUT2D eigenvalue weighted by Gasteiger charge is 2.23. The van der Waals surface area contributed by atoms with E-state index < -0.39 is 10.0 Å². The Bertz CT molecular complexity index is 1050. The maximum atomic E-state index is 13.1. The van der Waals surface area contributed by atoms with Gasteiger partial charge in [0, 0.05) is 23.6 Å². The molecule has 0 fully saturated rings. The van der Waals surface area contributed by atoms with Crippen LogP contribution in [-0.2, 0) is 22.9 Å². The van der Waals surface area contributed by atoms with E-state index in [1.54, 1.807) is 13.1 Å². The molecule has 0 aliphatic heterocycles. The van der Waals surface area contributed by atoms with Crippen LogP contribution in [-0.4, -0.2) is 20.4 Å². The zero-order chi connectivity index (χ0) is 18.3. The highest BCUT2D eigenvalue weighted by molar-refractivity contribution is 7.92. The molecular weight excluding hydrogens is 344 g/mol. The van der Waals surface area contributed by atoms with Crippen LogP contribution in [0, 0.1) is 6.92 Å². The van der Waals surface area contributed by atoms with Gasteiger partial charge in [-0.3, -0.25) is 4.31 Å². The van der Waals surface area contributed by atoms with E-state index in [2.05, 4.69) is 4.98 Å². The molecule has 5 heteroatoms. The average molecular weight is 369 g/mol. The van der Waals surface area contributed by atoms with E-state index in [-0.39, 0.29) is 0 Å². The van der Waals surface area contributed by atoms with E-state index in [0.717, 1.165) is 29.3 Å². The summed E-state index contributed by atoms with van der Waals surface area (Å²) in [7, 11) is -1.98. The largest absolute Gasteiger partial charge is 0.358 e. The molecule has 0 atom stereocenters. The number of H-pyrrole nitrogens is 1. The van der Waals surface area contributed by atoms with E-state index in [9.17, 15) is 8.42 Å². The zero-order valence-corrected chi connectivity index (χ0v) is 16.1. The monoisotopic (exact) mass is 368 g/mol. The van der Waals surface area contributed by atoms with Crippen molar-refractivity contribution in [3.8, 4) is 0 Å². The number of aromatic nitrogens is 1. The Morgan fingerprint density at radius 1 is 0.962 bits per heavy atom. The minimum atomic E-state index is -3.59. The molecule has 4 rings (SSSR count). The van der Waals surface area contributed by atoms with E-state index in [0.29, 0.717) is 10.6 Å². The van der Waals surface area contributed by atoms with E-state index in [4.69, 9.17) is 0 Å². The maximum absolute atomic E-state index is 13.1. The number of benzene rings is 2. The van der Waals surface area contributed by atoms with Crippen molar-refractivity contribution in [3.63, 3.8) is 0 Å². The second-order valence-electron chi connectivity index (χ2n) is 7.16. The number of rotatable bonds is 3. The molecule has 0 radical (unpaired) electrons. The summed E-state index contributed by atoms with van der Waals surface area (Å²) in [5.74, 6) is 0. The van der Waals surface area contributed by atoms with Crippen molar-refractivity contribution >= 4 is 26.6 Å². The predicted octanol–water partition coefficient (Wildman–Crippen LogP) is 4.57. The summed E-state index contributed by atoms with van der Waals surface area (Å²) in [6.45, 7) is 1.99. The quantitative estimate of drug-likeness (QED) is 0.689. The van der Waals surface area contributed by atoms with E-state index >= 15 is 0 Å². The molecule has 1 aromatic heterocycles. The molecule has 3 aromatic rings. The van der Waals surface area contributed by atoms with Crippen molar-refractivity contribution in [3.05, 3.63) is 59.3 Å². The fraction of sp³-hybridized carbons (Fsp3) is 0.333. The number of hydrogen-bond acceptors (Lipinski definition) is 2. The first-order valence-corrected chi connectivity index (χ1v) is 10.6. The lowest BCUT2D eigenvalue weighted by molar-refractivity contribution is 0.594. The van der Waals surface area contributed by atoms with Crippen LogP contribution in [0.3, 0.4) is 0 Å². The van der Waals surface area contributed by atoms with Crippen molar-refractivity contribution in [2.24, 2.45) is 0 Å². The SMILES string of the molecule is Cc1ccc(N(C)S(=O)(=O)c2ccc3[nH]c4c(c3c2)CCCCC4)cc1. The number of aryl methyl sites for hydroxylation is 3. The fourth-order valence-corrected chi connectivity index (χ4v) is 5.00. The van der Waals surface area contributed by atoms with Crippen molar-refractivity contribution in [2.45, 2.75) is 43.9 Å². The number of hydrogen-bond donors (Lipinski definition) is 1. The Morgan fingerprint density at radius 3 is 2.46 bits per heavy atom. The van der Waals surface area contributed by atoms with Crippen molar-refractivity contribution in [1.29, 1.82) is 0 Å². The normalized spacial score (nSPS) is 14.8. The van der Waals surface area contributed by atoms with Gasteiger partial charge in [0.15, 0.2) is 0 Å². The number of aromatic amines is 1. The summed E-state index contributed by atoms with van der Waals surface area (Å²) < 4.78 is 27.6. The van der Waals surface area contributed by atoms with Crippen molar-refractivity contribution < 1.29 is 8.42 Å². The van der Waals surface area contributed by atoms with E-state index in [1.807, 2.05) is 43.3 Å². The van der Waals surface area contributed by atoms with E-state index in [1.165, 1.54) is 34.8 Å². The molecule has 26 heavy (non-hydrogen) atoms. The van der Waals surface area contributed by atoms with Crippen LogP contribution in [0.2, 0.25) is 0 Å². The van der Waals surface area contributed by atoms with Crippen LogP contribution in [0.5, 0.6) is 0 Å². The smallest absolute Gasteiger partial charge is 0.264 e. The van der Waals surface area contributed by atoms with Crippen LogP contribution in [0.25, 0.3) is 10.9 Å². The second kappa shape index (κ2) is 6.47. The highest BCUT2D eigenvalue weighted by atomic mass is 32.2. The van der Waals surface area contributed by atoms with Crippen LogP contribution in [0.4, 0.5) is 5.69 Å². The van der Waals surface area contributed by atoms with Gasteiger partial charge >= 0.3 is 0 Å². The van der Waals surface area contributed by atoms with Crippen LogP contribution < -0.4 is 4.31 Å². The molecular formula is C21H24N2O2S. The Hall–Kier alpha value is -2.27. The number of sulfonamides is 1. The number of fused-ring (bicyclic) bond motifs is 3. The van der Waals surface area contributed by atoms with Gasteiger partial charge in [0.25, 0.3) is 10.0 Å². The van der Waals surface area contributed by atoms with Gasteiger partial charge in [-0.15, -0.1) is 0 Å². The summed E-state index contributed by atoms with van der Waals surface area (Å²) in [5, 5.41) is 1.06. The van der Waals surface area contributed by atoms with Gasteiger partial charge in [0.05, 0.1) is 10.6 Å². The van der Waals surface area contributed by atoms with Gasteiger partial charge in [-0.05, 0) is 68.5 Å². The molecule has 136 valence electrons. The summed E-state index contributed by atoms with van der Waals surface area (Å²) in [5.41, 5.74) is 5.39. The highest BCUT2D eigenvalue weighted by Crippen LogP contribution is 2.31. The molecule has 0 saturated heterocycles. The number of nitrogens with one attached hydrogen (secondary N) is 1. The molecule has 1 aliphatic carbocycles. The lowest BCUT2D eigenvalue weighted by Crippen LogP contribution is -2.26. The Balaban J connectivity index is 1.77. The fourth-order valence-electron chi connectivity index (χ4n) is 3.77. The lowest BCUT2D eigenvalue weighted by atomic mass is 10.1. The summed E-state index contributed by atoms with van der Waals surface area (Å²) in [6, 6.07) is 13.0. The van der Waals surface area contributed by atoms with Crippen LogP contribution in [0.1, 0.15) is 36.1 Å². The first kappa shape index (κ1) is 17.2. The molecule has 0 amide bonds. The third-order valence-corrected chi connectivity index (χ3v) is 7.16. The first-order chi connectivity index (χ1) is 12.5. The summed E-state index contributed by atoms with van der Waals surface area (Å²) >= 11 is 0. The standard InChI is InChI=1S/C21H24N2O2S/c1-15-8-10-16(11-9-15)23(2)26(24,25)17-12-13-21-19(14-17)18-6-4-3-5-7-20(18)22-21/h8-14,22H,3-7H2,1-2H3. The van der Waals surface area contributed by atoms with Gasteiger partial charge in [0.1, 0.15) is 0 Å². The van der Waals surface area contributed by atoms with Crippen LogP contribution in [0.15, 0.2) is 47.4 Å². The maximum Gasteiger partial charge on any atom is 0.264 e. The summed E-state index contributed by atoms with van der Waals surface area (Å²) in [6.07, 6.45) is 5.67. The van der Waals surface area contributed by atoms with Crippen LogP contribution >= 0.6 is 0 Å². The number of anilines is 1. The Kier molecular flexibility index (Phi) is 4.27. The zero-order valence-electron chi connectivity index (χ0n) is 15.2.